The zero-order valence-electron chi connectivity index (χ0n) is 8.14. The molecule has 0 bridgehead atoms. The fourth-order valence-corrected chi connectivity index (χ4v) is 1.04. The lowest BCUT2D eigenvalue weighted by atomic mass is 10.2. The number of hydrogen-bond donors (Lipinski definition) is 2. The van der Waals surface area contributed by atoms with Crippen molar-refractivity contribution in [2.24, 2.45) is 0 Å². The van der Waals surface area contributed by atoms with Crippen molar-refractivity contribution in [3.63, 3.8) is 0 Å². The summed E-state index contributed by atoms with van der Waals surface area (Å²) in [4.78, 5) is 0. The zero-order valence-corrected chi connectivity index (χ0v) is 8.14. The Morgan fingerprint density at radius 1 is 1.29 bits per heavy atom. The van der Waals surface area contributed by atoms with Gasteiger partial charge in [-0.1, -0.05) is 25.1 Å². The van der Waals surface area contributed by atoms with Crippen molar-refractivity contribution >= 4 is 6.08 Å². The van der Waals surface area contributed by atoms with E-state index in [0.717, 1.165) is 12.0 Å². The Bertz CT molecular complexity index is 334. The molecule has 0 fully saturated rings. The number of rotatable bonds is 3. The Kier molecular flexibility index (Phi) is 3.80. The van der Waals surface area contributed by atoms with Gasteiger partial charge in [0.2, 0.25) is 0 Å². The van der Waals surface area contributed by atoms with Crippen LogP contribution in [0.1, 0.15) is 18.9 Å². The van der Waals surface area contributed by atoms with Crippen LogP contribution in [0.5, 0.6) is 5.75 Å². The summed E-state index contributed by atoms with van der Waals surface area (Å²) in [5.41, 5.74) is 0.943. The minimum Gasteiger partial charge on any atom is -0.508 e. The molecule has 0 amide bonds. The minimum absolute atomic E-state index is 0.246. The van der Waals surface area contributed by atoms with Crippen LogP contribution in [-0.2, 0) is 0 Å². The van der Waals surface area contributed by atoms with E-state index in [2.05, 4.69) is 0 Å². The van der Waals surface area contributed by atoms with Crippen LogP contribution in [0, 0.1) is 0 Å². The molecule has 1 aromatic rings. The molecule has 0 aliphatic rings. The SMILES string of the molecule is CCC=C(O)C=Cc1ccc(O)cc1. The first-order valence-corrected chi connectivity index (χ1v) is 4.58. The number of allylic oxidation sites excluding steroid dienone is 2. The minimum atomic E-state index is 0.246. The van der Waals surface area contributed by atoms with Gasteiger partial charge in [0.15, 0.2) is 0 Å². The van der Waals surface area contributed by atoms with Crippen molar-refractivity contribution in [2.45, 2.75) is 13.3 Å². The average molecular weight is 190 g/mol. The molecule has 0 radical (unpaired) electrons. The van der Waals surface area contributed by atoms with Gasteiger partial charge >= 0.3 is 0 Å². The van der Waals surface area contributed by atoms with Crippen molar-refractivity contribution < 1.29 is 10.2 Å². The highest BCUT2D eigenvalue weighted by atomic mass is 16.3. The molecule has 0 aliphatic heterocycles. The molecule has 0 saturated heterocycles. The van der Waals surface area contributed by atoms with Crippen molar-refractivity contribution in [3.8, 4) is 5.75 Å². The Morgan fingerprint density at radius 2 is 1.93 bits per heavy atom. The number of aliphatic hydroxyl groups excluding tert-OH is 1. The maximum Gasteiger partial charge on any atom is 0.115 e. The van der Waals surface area contributed by atoms with E-state index in [9.17, 15) is 5.11 Å². The van der Waals surface area contributed by atoms with E-state index in [4.69, 9.17) is 5.11 Å². The third kappa shape index (κ3) is 3.35. The van der Waals surface area contributed by atoms with Crippen molar-refractivity contribution in [1.82, 2.24) is 0 Å². The van der Waals surface area contributed by atoms with E-state index in [1.54, 1.807) is 42.5 Å². The predicted octanol–water partition coefficient (Wildman–Crippen LogP) is 3.26. The standard InChI is InChI=1S/C12H14O2/c1-2-3-11(13)7-4-10-5-8-12(14)9-6-10/h3-9,13-14H,2H2,1H3. The number of benzene rings is 1. The lowest BCUT2D eigenvalue weighted by Gasteiger charge is -1.94. The van der Waals surface area contributed by atoms with E-state index < -0.39 is 0 Å². The summed E-state index contributed by atoms with van der Waals surface area (Å²) in [6.07, 6.45) is 5.97. The molecule has 2 heteroatoms. The lowest BCUT2D eigenvalue weighted by Crippen LogP contribution is -1.74. The first-order chi connectivity index (χ1) is 6.72. The normalized spacial score (nSPS) is 12.2. The molecule has 0 aromatic heterocycles. The Labute approximate surface area is 83.8 Å². The summed E-state index contributed by atoms with van der Waals surface area (Å²) in [5.74, 6) is 0.510. The van der Waals surface area contributed by atoms with Gasteiger partial charge in [-0.2, -0.15) is 0 Å². The first-order valence-electron chi connectivity index (χ1n) is 4.58. The maximum absolute atomic E-state index is 9.29. The molecule has 14 heavy (non-hydrogen) atoms. The monoisotopic (exact) mass is 190 g/mol. The molecule has 2 nitrogen and oxygen atoms in total. The van der Waals surface area contributed by atoms with Gasteiger partial charge in [-0.3, -0.25) is 0 Å². The van der Waals surface area contributed by atoms with Gasteiger partial charge in [0, 0.05) is 0 Å². The Hall–Kier alpha value is -1.70. The highest BCUT2D eigenvalue weighted by molar-refractivity contribution is 5.52. The number of hydrogen-bond acceptors (Lipinski definition) is 2. The average Bonchev–Trinajstić information content (AvgIpc) is 2.17. The summed E-state index contributed by atoms with van der Waals surface area (Å²) >= 11 is 0. The summed E-state index contributed by atoms with van der Waals surface area (Å²) < 4.78 is 0. The van der Waals surface area contributed by atoms with Gasteiger partial charge in [-0.15, -0.1) is 0 Å². The van der Waals surface area contributed by atoms with E-state index in [1.165, 1.54) is 0 Å². The number of aliphatic hydroxyl groups is 1. The van der Waals surface area contributed by atoms with Crippen LogP contribution in [0.2, 0.25) is 0 Å². The van der Waals surface area contributed by atoms with Crippen molar-refractivity contribution in [3.05, 3.63) is 47.7 Å². The number of phenolic OH excluding ortho intramolecular Hbond substituents is 1. The van der Waals surface area contributed by atoms with Gasteiger partial charge in [-0.25, -0.2) is 0 Å². The quantitative estimate of drug-likeness (QED) is 0.567. The molecule has 2 N–H and O–H groups in total. The molecule has 1 rings (SSSR count). The van der Waals surface area contributed by atoms with Crippen LogP contribution in [0.3, 0.4) is 0 Å². The molecule has 0 spiro atoms. The smallest absolute Gasteiger partial charge is 0.115 e. The molecule has 0 atom stereocenters. The van der Waals surface area contributed by atoms with E-state index in [-0.39, 0.29) is 11.5 Å². The second-order valence-electron chi connectivity index (χ2n) is 2.96. The van der Waals surface area contributed by atoms with Crippen LogP contribution >= 0.6 is 0 Å². The number of phenols is 1. The highest BCUT2D eigenvalue weighted by Crippen LogP contribution is 2.11. The third-order valence-electron chi connectivity index (χ3n) is 1.75. The largest absolute Gasteiger partial charge is 0.508 e. The fraction of sp³-hybridized carbons (Fsp3) is 0.167. The van der Waals surface area contributed by atoms with Gasteiger partial charge < -0.3 is 10.2 Å². The van der Waals surface area contributed by atoms with E-state index in [0.29, 0.717) is 0 Å². The molecule has 0 aliphatic carbocycles. The third-order valence-corrected chi connectivity index (χ3v) is 1.75. The molecular weight excluding hydrogens is 176 g/mol. The maximum atomic E-state index is 9.29. The van der Waals surface area contributed by atoms with Gasteiger partial charge in [-0.05, 0) is 36.3 Å². The summed E-state index contributed by atoms with van der Waals surface area (Å²) in [7, 11) is 0. The fourth-order valence-electron chi connectivity index (χ4n) is 1.04. The summed E-state index contributed by atoms with van der Waals surface area (Å²) in [6, 6.07) is 6.79. The molecule has 0 unspecified atom stereocenters. The highest BCUT2D eigenvalue weighted by Gasteiger charge is 1.88. The first kappa shape index (κ1) is 10.4. The second kappa shape index (κ2) is 5.12. The zero-order chi connectivity index (χ0) is 10.4. The summed E-state index contributed by atoms with van der Waals surface area (Å²) in [6.45, 7) is 1.96. The molecule has 1 aromatic carbocycles. The van der Waals surface area contributed by atoms with E-state index in [1.807, 2.05) is 6.92 Å². The van der Waals surface area contributed by atoms with Gasteiger partial charge in [0.25, 0.3) is 0 Å². The molecule has 74 valence electrons. The molecule has 0 heterocycles. The van der Waals surface area contributed by atoms with Crippen LogP contribution in [0.4, 0.5) is 0 Å². The van der Waals surface area contributed by atoms with Gasteiger partial charge in [0.05, 0.1) is 0 Å². The summed E-state index contributed by atoms with van der Waals surface area (Å²) in [5, 5.41) is 18.3. The van der Waals surface area contributed by atoms with Crippen LogP contribution in [0.25, 0.3) is 6.08 Å². The molecular formula is C12H14O2. The molecule has 0 saturated carbocycles. The van der Waals surface area contributed by atoms with Crippen molar-refractivity contribution in [2.75, 3.05) is 0 Å². The van der Waals surface area contributed by atoms with Crippen LogP contribution in [0.15, 0.2) is 42.2 Å². The predicted molar refractivity (Wildman–Crippen MR) is 58.1 cm³/mol. The topological polar surface area (TPSA) is 40.5 Å². The van der Waals surface area contributed by atoms with Gasteiger partial charge in [0.1, 0.15) is 11.5 Å². The second-order valence-corrected chi connectivity index (χ2v) is 2.96. The van der Waals surface area contributed by atoms with Crippen molar-refractivity contribution in [1.29, 1.82) is 0 Å². The Balaban J connectivity index is 2.69. The van der Waals surface area contributed by atoms with Crippen LogP contribution in [-0.4, -0.2) is 10.2 Å². The Morgan fingerprint density at radius 3 is 2.50 bits per heavy atom. The lowest BCUT2D eigenvalue weighted by molar-refractivity contribution is 0.430. The van der Waals surface area contributed by atoms with Crippen LogP contribution < -0.4 is 0 Å². The van der Waals surface area contributed by atoms with E-state index >= 15 is 0 Å². The number of aromatic hydroxyl groups is 1.